The molecule has 7 heteroatoms. The number of nitrogens with two attached hydrogens (primary N) is 1. The van der Waals surface area contributed by atoms with Gasteiger partial charge in [0.05, 0.1) is 23.7 Å². The van der Waals surface area contributed by atoms with Crippen LogP contribution in [0.5, 0.6) is 5.75 Å². The first-order chi connectivity index (χ1) is 9.49. The third-order valence-electron chi connectivity index (χ3n) is 3.00. The van der Waals surface area contributed by atoms with Crippen molar-refractivity contribution in [1.29, 1.82) is 0 Å². The summed E-state index contributed by atoms with van der Waals surface area (Å²) in [6.45, 7) is 1.94. The molecule has 0 aliphatic rings. The Morgan fingerprint density at radius 2 is 2.19 bits per heavy atom. The summed E-state index contributed by atoms with van der Waals surface area (Å²) in [4.78, 5) is 12.0. The Morgan fingerprint density at radius 1 is 1.52 bits per heavy atom. The molecular weight excluding hydrogens is 376 g/mol. The summed E-state index contributed by atoms with van der Waals surface area (Å²) in [5, 5.41) is 2.93. The molecule has 1 aromatic carbocycles. The number of hydrogen-bond acceptors (Lipinski definition) is 4. The van der Waals surface area contributed by atoms with Crippen LogP contribution in [0.25, 0.3) is 0 Å². The van der Waals surface area contributed by atoms with E-state index < -0.39 is 6.04 Å². The number of hydrogen-bond donors (Lipinski definition) is 2. The van der Waals surface area contributed by atoms with Gasteiger partial charge in [0.25, 0.3) is 0 Å². The van der Waals surface area contributed by atoms with Crippen LogP contribution < -0.4 is 15.8 Å². The summed E-state index contributed by atoms with van der Waals surface area (Å²) in [5.41, 5.74) is 6.85. The van der Waals surface area contributed by atoms with Crippen LogP contribution in [-0.2, 0) is 4.79 Å². The molecule has 1 aromatic rings. The minimum absolute atomic E-state index is 0. The SMILES string of the molecule is COc1ccc(C(C)NC(=O)[C@@H](N)CCSC)cc1Br.Cl. The first-order valence-electron chi connectivity index (χ1n) is 6.38. The van der Waals surface area contributed by atoms with Gasteiger partial charge in [-0.2, -0.15) is 11.8 Å². The first kappa shape index (κ1) is 20.6. The minimum Gasteiger partial charge on any atom is -0.496 e. The van der Waals surface area contributed by atoms with Gasteiger partial charge in [-0.1, -0.05) is 6.07 Å². The van der Waals surface area contributed by atoms with Crippen molar-refractivity contribution in [2.75, 3.05) is 19.1 Å². The number of carbonyl (C=O) groups excluding carboxylic acids is 1. The zero-order valence-electron chi connectivity index (χ0n) is 12.4. The molecule has 0 aliphatic carbocycles. The van der Waals surface area contributed by atoms with Gasteiger partial charge in [-0.3, -0.25) is 4.79 Å². The Balaban J connectivity index is 0.00000400. The van der Waals surface area contributed by atoms with E-state index in [-0.39, 0.29) is 24.4 Å². The number of ether oxygens (including phenoxy) is 1. The van der Waals surface area contributed by atoms with E-state index in [1.165, 1.54) is 0 Å². The van der Waals surface area contributed by atoms with E-state index in [4.69, 9.17) is 10.5 Å². The number of nitrogens with one attached hydrogen (secondary N) is 1. The van der Waals surface area contributed by atoms with Gasteiger partial charge in [-0.15, -0.1) is 12.4 Å². The molecule has 21 heavy (non-hydrogen) atoms. The number of rotatable bonds is 7. The average Bonchev–Trinajstić information content (AvgIpc) is 2.44. The monoisotopic (exact) mass is 396 g/mol. The topological polar surface area (TPSA) is 64.3 Å². The van der Waals surface area contributed by atoms with E-state index in [0.717, 1.165) is 21.5 Å². The van der Waals surface area contributed by atoms with Crippen molar-refractivity contribution in [1.82, 2.24) is 5.32 Å². The maximum Gasteiger partial charge on any atom is 0.237 e. The highest BCUT2D eigenvalue weighted by Gasteiger charge is 2.16. The molecule has 1 rings (SSSR count). The number of halogens is 2. The lowest BCUT2D eigenvalue weighted by Crippen LogP contribution is -2.41. The number of methoxy groups -OCH3 is 1. The number of thioether (sulfide) groups is 1. The molecular formula is C14H22BrClN2O2S. The fraction of sp³-hybridized carbons (Fsp3) is 0.500. The molecule has 0 aliphatic heterocycles. The van der Waals surface area contributed by atoms with Gasteiger partial charge in [-0.25, -0.2) is 0 Å². The second-order valence-corrected chi connectivity index (χ2v) is 6.35. The predicted octanol–water partition coefficient (Wildman–Crippen LogP) is 3.14. The summed E-state index contributed by atoms with van der Waals surface area (Å²) in [6.07, 6.45) is 2.69. The highest BCUT2D eigenvalue weighted by molar-refractivity contribution is 9.10. The number of benzene rings is 1. The Morgan fingerprint density at radius 3 is 2.71 bits per heavy atom. The summed E-state index contributed by atoms with van der Waals surface area (Å²) < 4.78 is 6.05. The van der Waals surface area contributed by atoms with Gasteiger partial charge in [0.2, 0.25) is 5.91 Å². The zero-order chi connectivity index (χ0) is 15.1. The largest absolute Gasteiger partial charge is 0.496 e. The normalized spacial score (nSPS) is 13.0. The van der Waals surface area contributed by atoms with E-state index in [0.29, 0.717) is 6.42 Å². The molecule has 3 N–H and O–H groups in total. The van der Waals surface area contributed by atoms with Crippen molar-refractivity contribution in [3.05, 3.63) is 28.2 Å². The third kappa shape index (κ3) is 6.46. The molecule has 0 fully saturated rings. The zero-order valence-corrected chi connectivity index (χ0v) is 15.6. The number of amides is 1. The Bertz CT molecular complexity index is 463. The average molecular weight is 398 g/mol. The van der Waals surface area contributed by atoms with Crippen molar-refractivity contribution in [3.63, 3.8) is 0 Å². The van der Waals surface area contributed by atoms with Gasteiger partial charge in [0.1, 0.15) is 5.75 Å². The van der Waals surface area contributed by atoms with Crippen LogP contribution in [0.3, 0.4) is 0 Å². The molecule has 1 amide bonds. The Kier molecular flexibility index (Phi) is 10.1. The molecule has 0 saturated heterocycles. The maximum atomic E-state index is 12.0. The quantitative estimate of drug-likeness (QED) is 0.742. The van der Waals surface area contributed by atoms with E-state index in [1.807, 2.05) is 31.4 Å². The molecule has 0 radical (unpaired) electrons. The van der Waals surface area contributed by atoms with E-state index in [2.05, 4.69) is 21.2 Å². The maximum absolute atomic E-state index is 12.0. The molecule has 2 atom stereocenters. The minimum atomic E-state index is -0.452. The predicted molar refractivity (Wildman–Crippen MR) is 95.5 cm³/mol. The van der Waals surface area contributed by atoms with Crippen LogP contribution in [0.2, 0.25) is 0 Å². The van der Waals surface area contributed by atoms with Gasteiger partial charge in [-0.05, 0) is 59.0 Å². The van der Waals surface area contributed by atoms with Crippen LogP contribution >= 0.6 is 40.1 Å². The summed E-state index contributed by atoms with van der Waals surface area (Å²) >= 11 is 5.13. The van der Waals surface area contributed by atoms with Crippen molar-refractivity contribution in [3.8, 4) is 5.75 Å². The van der Waals surface area contributed by atoms with E-state index >= 15 is 0 Å². The first-order valence-corrected chi connectivity index (χ1v) is 8.56. The molecule has 4 nitrogen and oxygen atoms in total. The molecule has 1 unspecified atom stereocenters. The van der Waals surface area contributed by atoms with Crippen LogP contribution in [-0.4, -0.2) is 31.1 Å². The van der Waals surface area contributed by atoms with Crippen molar-refractivity contribution < 1.29 is 9.53 Å². The molecule has 120 valence electrons. The molecule has 0 saturated carbocycles. The lowest BCUT2D eigenvalue weighted by molar-refractivity contribution is -0.123. The molecule has 0 aromatic heterocycles. The lowest BCUT2D eigenvalue weighted by atomic mass is 10.1. The highest BCUT2D eigenvalue weighted by Crippen LogP contribution is 2.27. The fourth-order valence-corrected chi connectivity index (χ4v) is 2.78. The van der Waals surface area contributed by atoms with Gasteiger partial charge in [0, 0.05) is 0 Å². The van der Waals surface area contributed by atoms with Gasteiger partial charge < -0.3 is 15.8 Å². The van der Waals surface area contributed by atoms with Gasteiger partial charge >= 0.3 is 0 Å². The fourth-order valence-electron chi connectivity index (χ4n) is 1.73. The van der Waals surface area contributed by atoms with Crippen molar-refractivity contribution in [2.24, 2.45) is 5.73 Å². The van der Waals surface area contributed by atoms with Crippen molar-refractivity contribution in [2.45, 2.75) is 25.4 Å². The van der Waals surface area contributed by atoms with Crippen LogP contribution in [0, 0.1) is 0 Å². The Hall–Kier alpha value is -0.430. The van der Waals surface area contributed by atoms with Crippen LogP contribution in [0.4, 0.5) is 0 Å². The second-order valence-electron chi connectivity index (χ2n) is 4.51. The molecule has 0 heterocycles. The standard InChI is InChI=1S/C14H21BrN2O2S.ClH/c1-9(17-14(18)12(16)6-7-20-3)10-4-5-13(19-2)11(15)8-10;/h4-5,8-9,12H,6-7,16H2,1-3H3,(H,17,18);1H/t9?,12-;/m0./s1. The van der Waals surface area contributed by atoms with Crippen molar-refractivity contribution >= 4 is 46.0 Å². The number of carbonyl (C=O) groups is 1. The lowest BCUT2D eigenvalue weighted by Gasteiger charge is -2.18. The third-order valence-corrected chi connectivity index (χ3v) is 4.27. The second kappa shape index (κ2) is 10.3. The van der Waals surface area contributed by atoms with E-state index in [1.54, 1.807) is 18.9 Å². The van der Waals surface area contributed by atoms with Crippen LogP contribution in [0.1, 0.15) is 24.9 Å². The summed E-state index contributed by atoms with van der Waals surface area (Å²) in [5.74, 6) is 1.54. The molecule has 0 bridgehead atoms. The highest BCUT2D eigenvalue weighted by atomic mass is 79.9. The smallest absolute Gasteiger partial charge is 0.237 e. The summed E-state index contributed by atoms with van der Waals surface area (Å²) in [6, 6.07) is 5.20. The summed E-state index contributed by atoms with van der Waals surface area (Å²) in [7, 11) is 1.62. The Labute approximate surface area is 145 Å². The van der Waals surface area contributed by atoms with E-state index in [9.17, 15) is 4.79 Å². The molecule has 0 spiro atoms. The van der Waals surface area contributed by atoms with Gasteiger partial charge in [0.15, 0.2) is 0 Å². The van der Waals surface area contributed by atoms with Crippen LogP contribution in [0.15, 0.2) is 22.7 Å².